The highest BCUT2D eigenvalue weighted by Crippen LogP contribution is 2.25. The summed E-state index contributed by atoms with van der Waals surface area (Å²) in [6.45, 7) is 5.90. The molecule has 3 aliphatic rings. The largest absolute Gasteiger partial charge is 0.368 e. The number of likely N-dealkylation sites (N-methyl/N-ethyl adjacent to an activating group) is 1. The molecule has 0 spiro atoms. The lowest BCUT2D eigenvalue weighted by Gasteiger charge is -2.36. The number of carbonyl (C=O) groups is 1. The smallest absolute Gasteiger partial charge is 0.255 e. The third kappa shape index (κ3) is 3.48. The summed E-state index contributed by atoms with van der Waals surface area (Å²) in [5.74, 6) is -0.0806. The quantitative estimate of drug-likeness (QED) is 0.775. The molecule has 0 aliphatic carbocycles. The summed E-state index contributed by atoms with van der Waals surface area (Å²) >= 11 is 0. The van der Waals surface area contributed by atoms with Gasteiger partial charge in [-0.25, -0.2) is 4.52 Å². The summed E-state index contributed by atoms with van der Waals surface area (Å²) in [6, 6.07) is 1.95. The number of nitrogens with zero attached hydrogens (tertiary/aromatic N) is 6. The van der Waals surface area contributed by atoms with Crippen LogP contribution >= 0.6 is 0 Å². The van der Waals surface area contributed by atoms with Crippen molar-refractivity contribution in [3.05, 3.63) is 83.9 Å². The Morgan fingerprint density at radius 3 is 2.67 bits per heavy atom. The van der Waals surface area contributed by atoms with Crippen LogP contribution in [-0.4, -0.2) is 68.4 Å². The normalized spacial score (nSPS) is 24.5. The summed E-state index contributed by atoms with van der Waals surface area (Å²) in [5.41, 5.74) is 5.25. The molecule has 0 bridgehead atoms. The Balaban J connectivity index is 1.46. The first-order valence-corrected chi connectivity index (χ1v) is 10.2. The predicted molar refractivity (Wildman–Crippen MR) is 116 cm³/mol. The predicted octanol–water partition coefficient (Wildman–Crippen LogP) is 2.36. The van der Waals surface area contributed by atoms with Crippen molar-refractivity contribution in [1.82, 2.24) is 29.3 Å². The van der Waals surface area contributed by atoms with E-state index in [1.165, 1.54) is 0 Å². The van der Waals surface area contributed by atoms with Crippen molar-refractivity contribution >= 4 is 17.0 Å². The van der Waals surface area contributed by atoms with Crippen molar-refractivity contribution in [3.8, 4) is 0 Å². The van der Waals surface area contributed by atoms with E-state index in [1.54, 1.807) is 21.7 Å². The molecule has 152 valence electrons. The molecule has 0 unspecified atom stereocenters. The number of piperazine rings is 1. The lowest BCUT2D eigenvalue weighted by molar-refractivity contribution is -0.122. The minimum Gasteiger partial charge on any atom is -0.368 e. The lowest BCUT2D eigenvalue weighted by Crippen LogP contribution is -2.44. The van der Waals surface area contributed by atoms with Gasteiger partial charge in [0.15, 0.2) is 0 Å². The molecule has 0 N–H and O–H groups in total. The van der Waals surface area contributed by atoms with E-state index in [0.29, 0.717) is 0 Å². The third-order valence-electron chi connectivity index (χ3n) is 5.66. The van der Waals surface area contributed by atoms with Crippen LogP contribution in [0.4, 0.5) is 0 Å². The number of aromatic nitrogens is 3. The first-order valence-electron chi connectivity index (χ1n) is 10.2. The zero-order valence-electron chi connectivity index (χ0n) is 17.2. The second-order valence-electron chi connectivity index (χ2n) is 7.86. The zero-order valence-corrected chi connectivity index (χ0v) is 17.2. The first-order chi connectivity index (χ1) is 14.6. The molecule has 5 heterocycles. The molecule has 7 heteroatoms. The molecule has 0 saturated carbocycles. The number of hydrogen-bond acceptors (Lipinski definition) is 5. The lowest BCUT2D eigenvalue weighted by atomic mass is 10.1. The van der Waals surface area contributed by atoms with Crippen molar-refractivity contribution in [1.29, 1.82) is 0 Å². The maximum absolute atomic E-state index is 13.2. The van der Waals surface area contributed by atoms with Gasteiger partial charge in [-0.15, -0.1) is 0 Å². The molecule has 1 amide bonds. The number of amides is 1. The Morgan fingerprint density at radius 2 is 1.83 bits per heavy atom. The van der Waals surface area contributed by atoms with Crippen LogP contribution in [-0.2, 0) is 4.79 Å². The minimum atomic E-state index is -0.0806. The van der Waals surface area contributed by atoms with Gasteiger partial charge in [-0.05, 0) is 38.3 Å². The molecule has 5 rings (SSSR count). The molecule has 1 saturated heterocycles. The van der Waals surface area contributed by atoms with Crippen LogP contribution in [0, 0.1) is 6.92 Å². The highest BCUT2D eigenvalue weighted by atomic mass is 16.2. The molecule has 3 aliphatic heterocycles. The van der Waals surface area contributed by atoms with Gasteiger partial charge in [-0.1, -0.05) is 12.2 Å². The Kier molecular flexibility index (Phi) is 4.59. The van der Waals surface area contributed by atoms with E-state index in [4.69, 9.17) is 0 Å². The van der Waals surface area contributed by atoms with E-state index in [2.05, 4.69) is 33.0 Å². The van der Waals surface area contributed by atoms with Crippen molar-refractivity contribution in [2.75, 3.05) is 33.2 Å². The van der Waals surface area contributed by atoms with Gasteiger partial charge in [0.2, 0.25) is 0 Å². The number of fused-ring (bicyclic) bond motifs is 2. The highest BCUT2D eigenvalue weighted by Gasteiger charge is 2.22. The van der Waals surface area contributed by atoms with Gasteiger partial charge in [0.25, 0.3) is 5.91 Å². The molecule has 30 heavy (non-hydrogen) atoms. The van der Waals surface area contributed by atoms with Crippen molar-refractivity contribution in [2.24, 2.45) is 0 Å². The number of allylic oxidation sites excluding steroid dienone is 6. The van der Waals surface area contributed by atoms with Gasteiger partial charge in [-0.3, -0.25) is 14.7 Å². The Bertz CT molecular complexity index is 1160. The molecular formula is C23H24N6O. The molecule has 2 aromatic rings. The Hall–Kier alpha value is -3.45. The van der Waals surface area contributed by atoms with Crippen molar-refractivity contribution < 1.29 is 4.79 Å². The van der Waals surface area contributed by atoms with Gasteiger partial charge in [-0.2, -0.15) is 5.10 Å². The number of carbonyl (C=O) groups excluding carboxylic acids is 1. The second kappa shape index (κ2) is 7.42. The van der Waals surface area contributed by atoms with Crippen LogP contribution in [0.2, 0.25) is 0 Å². The number of rotatable bonds is 2. The molecular weight excluding hydrogens is 376 g/mol. The van der Waals surface area contributed by atoms with E-state index in [9.17, 15) is 4.79 Å². The van der Waals surface area contributed by atoms with E-state index in [1.807, 2.05) is 49.7 Å². The Labute approximate surface area is 175 Å². The summed E-state index contributed by atoms with van der Waals surface area (Å²) in [6.07, 6.45) is 17.2. The first kappa shape index (κ1) is 18.6. The molecule has 2 aromatic heterocycles. The maximum atomic E-state index is 13.2. The standard InChI is InChI=1S/C23H24N6O/c1-17-15-29-21(14-24-17)13-22(25-29)18-4-3-5-19-6-7-20(16-28(19)23(30)12-18)27-10-8-26(2)9-11-27/h3-7,12-16H,8-11H2,1-2H3/b4-3+,18-12+,19-5+. The SMILES string of the molecule is Cc1cn2nc(C3=C\C(=O)N4C=C(N5CCN(C)CC5)C=C\C4=C/C=C/3)cc2cn1. The second-order valence-corrected chi connectivity index (χ2v) is 7.86. The fourth-order valence-electron chi connectivity index (χ4n) is 3.87. The van der Waals surface area contributed by atoms with Gasteiger partial charge >= 0.3 is 0 Å². The van der Waals surface area contributed by atoms with Crippen LogP contribution in [0.5, 0.6) is 0 Å². The molecule has 0 radical (unpaired) electrons. The fraction of sp³-hybridized carbons (Fsp3) is 0.261. The summed E-state index contributed by atoms with van der Waals surface area (Å²) in [7, 11) is 2.14. The maximum Gasteiger partial charge on any atom is 0.255 e. The fourth-order valence-corrected chi connectivity index (χ4v) is 3.87. The van der Waals surface area contributed by atoms with Crippen LogP contribution < -0.4 is 0 Å². The number of hydrogen-bond donors (Lipinski definition) is 0. The monoisotopic (exact) mass is 400 g/mol. The minimum absolute atomic E-state index is 0.0806. The van der Waals surface area contributed by atoms with Crippen LogP contribution in [0.3, 0.4) is 0 Å². The van der Waals surface area contributed by atoms with Gasteiger partial charge in [0.05, 0.1) is 35.0 Å². The van der Waals surface area contributed by atoms with Crippen molar-refractivity contribution in [2.45, 2.75) is 6.92 Å². The number of aryl methyl sites for hydroxylation is 1. The Morgan fingerprint density at radius 1 is 1.03 bits per heavy atom. The summed E-state index contributed by atoms with van der Waals surface area (Å²) < 4.78 is 1.80. The van der Waals surface area contributed by atoms with E-state index < -0.39 is 0 Å². The van der Waals surface area contributed by atoms with Crippen LogP contribution in [0.25, 0.3) is 11.1 Å². The molecule has 7 nitrogen and oxygen atoms in total. The molecule has 0 aromatic carbocycles. The van der Waals surface area contributed by atoms with E-state index in [-0.39, 0.29) is 5.91 Å². The average Bonchev–Trinajstić information content (AvgIpc) is 3.15. The topological polar surface area (TPSA) is 57.0 Å². The zero-order chi connectivity index (χ0) is 20.7. The summed E-state index contributed by atoms with van der Waals surface area (Å²) in [5, 5.41) is 4.63. The van der Waals surface area contributed by atoms with Crippen LogP contribution in [0.15, 0.2) is 72.5 Å². The highest BCUT2D eigenvalue weighted by molar-refractivity contribution is 5.99. The van der Waals surface area contributed by atoms with E-state index >= 15 is 0 Å². The molecule has 1 fully saturated rings. The van der Waals surface area contributed by atoms with Gasteiger partial charge in [0, 0.05) is 49.7 Å². The average molecular weight is 400 g/mol. The molecule has 0 atom stereocenters. The summed E-state index contributed by atoms with van der Waals surface area (Å²) in [4.78, 5) is 23.8. The van der Waals surface area contributed by atoms with Gasteiger partial charge < -0.3 is 9.80 Å². The van der Waals surface area contributed by atoms with Crippen LogP contribution in [0.1, 0.15) is 11.4 Å². The third-order valence-corrected chi connectivity index (χ3v) is 5.66. The van der Waals surface area contributed by atoms with Crippen molar-refractivity contribution in [3.63, 3.8) is 0 Å². The van der Waals surface area contributed by atoms with Gasteiger partial charge in [0.1, 0.15) is 0 Å². The van der Waals surface area contributed by atoms with E-state index in [0.717, 1.165) is 60.1 Å².